The SMILES string of the molecule is O=C(NC1CC2CC(C1)CC(C(=O)O)C2)c1cnc(-c2cn(C3CCC(F)(F)CC3)c3cc(C(=O)N4CCN(CC(F)(F)F)CC4)ccc23)nc1C(F)(F)F. The molecule has 2 bridgehead atoms. The van der Waals surface area contributed by atoms with Crippen LogP contribution >= 0.6 is 0 Å². The Morgan fingerprint density at radius 3 is 2.16 bits per heavy atom. The molecule has 0 spiro atoms. The van der Waals surface area contributed by atoms with Crippen LogP contribution in [-0.4, -0.2) is 98.1 Å². The second kappa shape index (κ2) is 14.6. The molecule has 55 heavy (non-hydrogen) atoms. The molecule has 10 nitrogen and oxygen atoms in total. The molecule has 2 atom stereocenters. The topological polar surface area (TPSA) is 121 Å². The lowest BCUT2D eigenvalue weighted by Crippen LogP contribution is -2.50. The molecule has 7 rings (SSSR count). The molecule has 3 aromatic rings. The average molecular weight is 785 g/mol. The Labute approximate surface area is 310 Å². The van der Waals surface area contributed by atoms with E-state index in [1.54, 1.807) is 4.57 Å². The van der Waals surface area contributed by atoms with E-state index in [0.29, 0.717) is 36.6 Å². The van der Waals surface area contributed by atoms with Gasteiger partial charge in [0.05, 0.1) is 18.0 Å². The van der Waals surface area contributed by atoms with Crippen molar-refractivity contribution < 1.29 is 54.6 Å². The second-order valence-electron chi connectivity index (χ2n) is 15.5. The van der Waals surface area contributed by atoms with Crippen molar-refractivity contribution in [2.45, 2.75) is 88.1 Å². The lowest BCUT2D eigenvalue weighted by molar-refractivity contribution is -0.148. The monoisotopic (exact) mass is 784 g/mol. The highest BCUT2D eigenvalue weighted by Gasteiger charge is 2.42. The van der Waals surface area contributed by atoms with Gasteiger partial charge in [0.25, 0.3) is 11.8 Å². The smallest absolute Gasteiger partial charge is 0.434 e. The van der Waals surface area contributed by atoms with Crippen LogP contribution in [0.2, 0.25) is 0 Å². The van der Waals surface area contributed by atoms with Crippen molar-refractivity contribution in [3.8, 4) is 11.4 Å². The zero-order chi connectivity index (χ0) is 39.4. The summed E-state index contributed by atoms with van der Waals surface area (Å²) in [5, 5.41) is 12.5. The van der Waals surface area contributed by atoms with E-state index in [1.165, 1.54) is 34.2 Å². The van der Waals surface area contributed by atoms with Crippen LogP contribution < -0.4 is 5.32 Å². The number of halogens is 8. The molecular weight excluding hydrogens is 744 g/mol. The number of carbonyl (C=O) groups is 3. The minimum absolute atomic E-state index is 0.00606. The lowest BCUT2D eigenvalue weighted by Gasteiger charge is -2.41. The maximum atomic E-state index is 14.6. The Balaban J connectivity index is 1.17. The first-order valence-electron chi connectivity index (χ1n) is 18.4. The first-order valence-corrected chi connectivity index (χ1v) is 18.4. The van der Waals surface area contributed by atoms with Gasteiger partial charge in [-0.15, -0.1) is 0 Å². The standard InChI is InChI=1S/C37H40F8N6O4/c38-35(39)5-3-25(4-6-35)51-18-28(26-2-1-22(16-29(26)51)33(53)50-9-7-49(8-10-50)19-36(40,41)42)31-46-17-27(30(48-31)37(43,44)45)32(52)47-24-14-20-11-21(15-24)13-23(12-20)34(54)55/h1-2,16-18,20-21,23-25H,3-15,19H2,(H,47,52)(H,54,55). The molecule has 3 saturated carbocycles. The predicted octanol–water partition coefficient (Wildman–Crippen LogP) is 7.20. The third kappa shape index (κ3) is 8.58. The fourth-order valence-electron chi connectivity index (χ4n) is 9.04. The van der Waals surface area contributed by atoms with Gasteiger partial charge in [-0.1, -0.05) is 6.07 Å². The summed E-state index contributed by atoms with van der Waals surface area (Å²) in [6, 6.07) is 3.49. The summed E-state index contributed by atoms with van der Waals surface area (Å²) in [5.41, 5.74) is -1.60. The number of aliphatic carboxylic acids is 1. The highest BCUT2D eigenvalue weighted by Crippen LogP contribution is 2.44. The van der Waals surface area contributed by atoms with Crippen molar-refractivity contribution in [2.24, 2.45) is 17.8 Å². The predicted molar refractivity (Wildman–Crippen MR) is 181 cm³/mol. The molecule has 1 saturated heterocycles. The van der Waals surface area contributed by atoms with E-state index in [4.69, 9.17) is 0 Å². The third-order valence-electron chi connectivity index (χ3n) is 11.6. The van der Waals surface area contributed by atoms with E-state index in [0.717, 1.165) is 12.6 Å². The average Bonchev–Trinajstić information content (AvgIpc) is 3.49. The number of carboxylic acids is 1. The number of carboxylic acid groups (broad SMARTS) is 1. The Hall–Kier alpha value is -4.35. The van der Waals surface area contributed by atoms with Crippen molar-refractivity contribution in [1.82, 2.24) is 29.7 Å². The number of hydrogen-bond donors (Lipinski definition) is 2. The van der Waals surface area contributed by atoms with Gasteiger partial charge in [0.2, 0.25) is 5.92 Å². The number of piperazine rings is 1. The van der Waals surface area contributed by atoms with Crippen molar-refractivity contribution in [2.75, 3.05) is 32.7 Å². The summed E-state index contributed by atoms with van der Waals surface area (Å²) in [6.45, 7) is -1.01. The molecule has 2 aromatic heterocycles. The number of carbonyl (C=O) groups excluding carboxylic acids is 2. The molecule has 1 aromatic carbocycles. The molecule has 4 fully saturated rings. The summed E-state index contributed by atoms with van der Waals surface area (Å²) in [4.78, 5) is 49.1. The fraction of sp³-hybridized carbons (Fsp3) is 0.595. The number of hydrogen-bond acceptors (Lipinski definition) is 6. The van der Waals surface area contributed by atoms with Gasteiger partial charge < -0.3 is 19.9 Å². The van der Waals surface area contributed by atoms with Gasteiger partial charge >= 0.3 is 18.3 Å². The number of fused-ring (bicyclic) bond motifs is 3. The summed E-state index contributed by atoms with van der Waals surface area (Å²) < 4.78 is 112. The molecule has 3 aliphatic carbocycles. The molecule has 1 aliphatic heterocycles. The molecule has 4 aliphatic rings. The molecule has 3 heterocycles. The molecule has 298 valence electrons. The van der Waals surface area contributed by atoms with Crippen LogP contribution in [-0.2, 0) is 11.0 Å². The Morgan fingerprint density at radius 2 is 1.56 bits per heavy atom. The molecule has 2 N–H and O–H groups in total. The molecule has 2 amide bonds. The Morgan fingerprint density at radius 1 is 0.909 bits per heavy atom. The van der Waals surface area contributed by atoms with Crippen LogP contribution in [0.3, 0.4) is 0 Å². The summed E-state index contributed by atoms with van der Waals surface area (Å²) >= 11 is 0. The van der Waals surface area contributed by atoms with E-state index in [-0.39, 0.29) is 67.8 Å². The van der Waals surface area contributed by atoms with Gasteiger partial charge in [0, 0.05) is 85.5 Å². The van der Waals surface area contributed by atoms with Crippen molar-refractivity contribution in [1.29, 1.82) is 0 Å². The van der Waals surface area contributed by atoms with E-state index >= 15 is 0 Å². The van der Waals surface area contributed by atoms with Gasteiger partial charge in [-0.05, 0) is 68.9 Å². The largest absolute Gasteiger partial charge is 0.481 e. The zero-order valence-corrected chi connectivity index (χ0v) is 29.6. The highest BCUT2D eigenvalue weighted by atomic mass is 19.4. The quantitative estimate of drug-likeness (QED) is 0.243. The van der Waals surface area contributed by atoms with E-state index < -0.39 is 84.7 Å². The van der Waals surface area contributed by atoms with E-state index in [1.807, 2.05) is 0 Å². The van der Waals surface area contributed by atoms with E-state index in [2.05, 4.69) is 15.3 Å². The Bertz CT molecular complexity index is 1930. The number of nitrogens with one attached hydrogen (secondary N) is 1. The van der Waals surface area contributed by atoms with Crippen molar-refractivity contribution in [3.63, 3.8) is 0 Å². The van der Waals surface area contributed by atoms with Crippen LogP contribution in [0.25, 0.3) is 22.3 Å². The molecule has 0 radical (unpaired) electrons. The van der Waals surface area contributed by atoms with Crippen LogP contribution in [0.1, 0.15) is 90.2 Å². The number of rotatable bonds is 7. The minimum Gasteiger partial charge on any atom is -0.481 e. The lowest BCUT2D eigenvalue weighted by atomic mass is 9.66. The van der Waals surface area contributed by atoms with Gasteiger partial charge in [-0.3, -0.25) is 19.3 Å². The van der Waals surface area contributed by atoms with Gasteiger partial charge in [0.15, 0.2) is 11.5 Å². The van der Waals surface area contributed by atoms with Crippen LogP contribution in [0, 0.1) is 17.8 Å². The highest BCUT2D eigenvalue weighted by molar-refractivity contribution is 6.02. The number of aromatic nitrogens is 3. The first kappa shape index (κ1) is 38.9. The van der Waals surface area contributed by atoms with Gasteiger partial charge in [-0.25, -0.2) is 18.7 Å². The van der Waals surface area contributed by atoms with Crippen molar-refractivity contribution >= 4 is 28.7 Å². The zero-order valence-electron chi connectivity index (χ0n) is 29.6. The van der Waals surface area contributed by atoms with Crippen LogP contribution in [0.5, 0.6) is 0 Å². The molecule has 18 heteroatoms. The normalized spacial score (nSPS) is 25.2. The maximum Gasteiger partial charge on any atom is 0.434 e. The number of nitrogens with zero attached hydrogens (tertiary/aromatic N) is 5. The maximum absolute atomic E-state index is 14.6. The third-order valence-corrected chi connectivity index (χ3v) is 11.6. The minimum atomic E-state index is -5.07. The molecular formula is C37H40F8N6O4. The number of benzene rings is 1. The second-order valence-corrected chi connectivity index (χ2v) is 15.5. The van der Waals surface area contributed by atoms with Crippen LogP contribution in [0.15, 0.2) is 30.6 Å². The van der Waals surface area contributed by atoms with Gasteiger partial charge in [0.1, 0.15) is 0 Å². The summed E-state index contributed by atoms with van der Waals surface area (Å²) in [6.07, 6.45) is -5.35. The fourth-order valence-corrected chi connectivity index (χ4v) is 9.04. The van der Waals surface area contributed by atoms with Crippen LogP contribution in [0.4, 0.5) is 35.1 Å². The summed E-state index contributed by atoms with van der Waals surface area (Å²) in [5.74, 6) is -6.03. The van der Waals surface area contributed by atoms with Crippen molar-refractivity contribution in [3.05, 3.63) is 47.4 Å². The Kier molecular flexibility index (Phi) is 10.3. The molecule has 2 unspecified atom stereocenters. The summed E-state index contributed by atoms with van der Waals surface area (Å²) in [7, 11) is 0. The number of amides is 2. The van der Waals surface area contributed by atoms with E-state index in [9.17, 15) is 54.6 Å². The first-order chi connectivity index (χ1) is 25.8. The number of alkyl halides is 8. The van der Waals surface area contributed by atoms with Gasteiger partial charge in [-0.2, -0.15) is 26.3 Å².